The highest BCUT2D eigenvalue weighted by Gasteiger charge is 2.07. The quantitative estimate of drug-likeness (QED) is 0.642. The van der Waals surface area contributed by atoms with Crippen molar-refractivity contribution in [2.24, 2.45) is 0 Å². The molecular weight excluding hydrogens is 310 g/mol. The number of methoxy groups -OCH3 is 1. The van der Waals surface area contributed by atoms with Crippen molar-refractivity contribution in [2.45, 2.75) is 32.8 Å². The fraction of sp³-hybridized carbons (Fsp3) is 0.438. The molecule has 1 atom stereocenters. The van der Waals surface area contributed by atoms with Crippen molar-refractivity contribution in [3.05, 3.63) is 30.0 Å². The van der Waals surface area contributed by atoms with Crippen LogP contribution in [0, 0.1) is 6.92 Å². The number of carbonyl (C=O) groups is 1. The minimum Gasteiger partial charge on any atom is -0.475 e. The van der Waals surface area contributed by atoms with Crippen LogP contribution in [-0.4, -0.2) is 41.0 Å². The number of rotatable bonds is 8. The molecule has 130 valence electrons. The average Bonchev–Trinajstić information content (AvgIpc) is 2.96. The number of hydrogen-bond donors (Lipinski definition) is 3. The van der Waals surface area contributed by atoms with Gasteiger partial charge in [-0.2, -0.15) is 10.1 Å². The lowest BCUT2D eigenvalue weighted by Gasteiger charge is -2.14. The number of alkyl carbamates (subject to hydrolysis) is 1. The van der Waals surface area contributed by atoms with Gasteiger partial charge in [0.25, 0.3) is 0 Å². The molecule has 0 aliphatic heterocycles. The summed E-state index contributed by atoms with van der Waals surface area (Å²) < 4.78 is 10.3. The van der Waals surface area contributed by atoms with Crippen molar-refractivity contribution in [3.8, 4) is 5.88 Å². The molecule has 2 aromatic heterocycles. The smallest absolute Gasteiger partial charge is 0.406 e. The number of amides is 1. The van der Waals surface area contributed by atoms with Crippen LogP contribution in [-0.2, 0) is 4.74 Å². The summed E-state index contributed by atoms with van der Waals surface area (Å²) >= 11 is 0. The number of aromatic nitrogens is 3. The van der Waals surface area contributed by atoms with Gasteiger partial charge in [-0.05, 0) is 32.8 Å². The zero-order valence-corrected chi connectivity index (χ0v) is 14.1. The number of carbonyl (C=O) groups excluding carboxylic acids is 1. The van der Waals surface area contributed by atoms with Gasteiger partial charge in [-0.25, -0.2) is 4.79 Å². The van der Waals surface area contributed by atoms with Crippen LogP contribution in [0.25, 0.3) is 0 Å². The highest BCUT2D eigenvalue weighted by atomic mass is 16.5. The van der Waals surface area contributed by atoms with Gasteiger partial charge in [0.1, 0.15) is 5.82 Å². The third-order valence-corrected chi connectivity index (χ3v) is 3.25. The molecule has 0 radical (unpaired) electrons. The minimum absolute atomic E-state index is 0.0141. The predicted molar refractivity (Wildman–Crippen MR) is 90.6 cm³/mol. The van der Waals surface area contributed by atoms with Crippen molar-refractivity contribution in [3.63, 3.8) is 0 Å². The van der Waals surface area contributed by atoms with Crippen LogP contribution in [0.2, 0.25) is 0 Å². The Balaban J connectivity index is 1.79. The standard InChI is InChI=1S/C16H23N5O3/c1-11-10-14(21-20-11)18-13-7-4-8-15(19-13)24-12(2)6-5-9-17-16(22)23-3/h4,7-8,10,12H,5-6,9H2,1-3H3,(H,17,22)(H2,18,19,20,21)/t12-/m0/s1. The van der Waals surface area contributed by atoms with E-state index < -0.39 is 6.09 Å². The molecule has 0 unspecified atom stereocenters. The number of hydrogen-bond acceptors (Lipinski definition) is 6. The second-order valence-electron chi connectivity index (χ2n) is 5.41. The molecule has 8 heteroatoms. The molecule has 3 N–H and O–H groups in total. The van der Waals surface area contributed by atoms with Crippen LogP contribution in [0.4, 0.5) is 16.4 Å². The Kier molecular flexibility index (Phi) is 6.41. The SMILES string of the molecule is COC(=O)NCCC[C@H](C)Oc1cccc(Nc2cc(C)[nH]n2)n1. The van der Waals surface area contributed by atoms with Crippen molar-refractivity contribution < 1.29 is 14.3 Å². The van der Waals surface area contributed by atoms with E-state index in [-0.39, 0.29) is 6.10 Å². The Morgan fingerprint density at radius 2 is 2.21 bits per heavy atom. The number of pyridine rings is 1. The van der Waals surface area contributed by atoms with E-state index in [9.17, 15) is 4.79 Å². The summed E-state index contributed by atoms with van der Waals surface area (Å²) in [5, 5.41) is 12.7. The van der Waals surface area contributed by atoms with Crippen LogP contribution in [0.15, 0.2) is 24.3 Å². The van der Waals surface area contributed by atoms with E-state index in [0.29, 0.717) is 24.1 Å². The maximum absolute atomic E-state index is 10.9. The number of aryl methyl sites for hydroxylation is 1. The summed E-state index contributed by atoms with van der Waals surface area (Å²) in [5.41, 5.74) is 0.971. The molecule has 0 bridgehead atoms. The molecule has 2 aromatic rings. The molecule has 0 aromatic carbocycles. The zero-order chi connectivity index (χ0) is 17.4. The topological polar surface area (TPSA) is 101 Å². The lowest BCUT2D eigenvalue weighted by molar-refractivity contribution is 0.168. The normalized spacial score (nSPS) is 11.6. The first-order chi connectivity index (χ1) is 11.6. The van der Waals surface area contributed by atoms with E-state index in [0.717, 1.165) is 18.5 Å². The Morgan fingerprint density at radius 1 is 1.38 bits per heavy atom. The van der Waals surface area contributed by atoms with Crippen LogP contribution in [0.1, 0.15) is 25.5 Å². The van der Waals surface area contributed by atoms with Gasteiger partial charge in [0.05, 0.1) is 13.2 Å². The number of anilines is 2. The minimum atomic E-state index is -0.419. The Labute approximate surface area is 141 Å². The van der Waals surface area contributed by atoms with Gasteiger partial charge >= 0.3 is 6.09 Å². The van der Waals surface area contributed by atoms with E-state index in [1.165, 1.54) is 7.11 Å². The van der Waals surface area contributed by atoms with Gasteiger partial charge in [0.15, 0.2) is 5.82 Å². The van der Waals surface area contributed by atoms with E-state index in [4.69, 9.17) is 4.74 Å². The number of ether oxygens (including phenoxy) is 2. The number of nitrogens with one attached hydrogen (secondary N) is 3. The van der Waals surface area contributed by atoms with Crippen LogP contribution in [0.3, 0.4) is 0 Å². The van der Waals surface area contributed by atoms with Gasteiger partial charge in [-0.15, -0.1) is 0 Å². The summed E-state index contributed by atoms with van der Waals surface area (Å²) in [7, 11) is 1.35. The summed E-state index contributed by atoms with van der Waals surface area (Å²) in [5.74, 6) is 1.92. The first kappa shape index (κ1) is 17.6. The van der Waals surface area contributed by atoms with Gasteiger partial charge in [-0.3, -0.25) is 5.10 Å². The van der Waals surface area contributed by atoms with E-state index >= 15 is 0 Å². The summed E-state index contributed by atoms with van der Waals surface area (Å²) in [6, 6.07) is 7.42. The van der Waals surface area contributed by atoms with Gasteiger partial charge in [0, 0.05) is 24.4 Å². The van der Waals surface area contributed by atoms with E-state index in [2.05, 4.69) is 30.6 Å². The monoisotopic (exact) mass is 333 g/mol. The number of H-pyrrole nitrogens is 1. The molecule has 0 fully saturated rings. The molecule has 0 spiro atoms. The molecule has 0 aliphatic carbocycles. The molecule has 8 nitrogen and oxygen atoms in total. The summed E-state index contributed by atoms with van der Waals surface area (Å²) in [6.45, 7) is 4.45. The van der Waals surface area contributed by atoms with Crippen LogP contribution in [0.5, 0.6) is 5.88 Å². The lowest BCUT2D eigenvalue weighted by atomic mass is 10.2. The second kappa shape index (κ2) is 8.76. The maximum Gasteiger partial charge on any atom is 0.406 e. The zero-order valence-electron chi connectivity index (χ0n) is 14.1. The highest BCUT2D eigenvalue weighted by molar-refractivity contribution is 5.66. The Hall–Kier alpha value is -2.77. The first-order valence-corrected chi connectivity index (χ1v) is 7.81. The van der Waals surface area contributed by atoms with Gasteiger partial charge < -0.3 is 20.1 Å². The number of nitrogens with zero attached hydrogens (tertiary/aromatic N) is 2. The first-order valence-electron chi connectivity index (χ1n) is 7.81. The van der Waals surface area contributed by atoms with Crippen molar-refractivity contribution in [1.29, 1.82) is 0 Å². The fourth-order valence-corrected chi connectivity index (χ4v) is 2.08. The summed E-state index contributed by atoms with van der Waals surface area (Å²) in [6.07, 6.45) is 1.15. The molecular formula is C16H23N5O3. The van der Waals surface area contributed by atoms with Crippen molar-refractivity contribution in [2.75, 3.05) is 19.0 Å². The average molecular weight is 333 g/mol. The largest absolute Gasteiger partial charge is 0.475 e. The highest BCUT2D eigenvalue weighted by Crippen LogP contribution is 2.17. The molecule has 2 heterocycles. The second-order valence-corrected chi connectivity index (χ2v) is 5.41. The molecule has 0 saturated heterocycles. The molecule has 0 saturated carbocycles. The Bertz CT molecular complexity index is 659. The fourth-order valence-electron chi connectivity index (χ4n) is 2.08. The third-order valence-electron chi connectivity index (χ3n) is 3.25. The maximum atomic E-state index is 10.9. The van der Waals surface area contributed by atoms with Crippen LogP contribution < -0.4 is 15.4 Å². The van der Waals surface area contributed by atoms with Gasteiger partial charge in [0.2, 0.25) is 5.88 Å². The predicted octanol–water partition coefficient (Wildman–Crippen LogP) is 2.76. The molecule has 0 aliphatic rings. The third kappa shape index (κ3) is 5.79. The Morgan fingerprint density at radius 3 is 2.92 bits per heavy atom. The van der Waals surface area contributed by atoms with E-state index in [1.807, 2.05) is 38.1 Å². The van der Waals surface area contributed by atoms with E-state index in [1.54, 1.807) is 0 Å². The lowest BCUT2D eigenvalue weighted by Crippen LogP contribution is -2.25. The molecule has 24 heavy (non-hydrogen) atoms. The van der Waals surface area contributed by atoms with Crippen LogP contribution >= 0.6 is 0 Å². The van der Waals surface area contributed by atoms with Gasteiger partial charge in [-0.1, -0.05) is 6.07 Å². The van der Waals surface area contributed by atoms with Crippen molar-refractivity contribution >= 4 is 17.7 Å². The molecule has 2 rings (SSSR count). The number of aromatic amines is 1. The molecule has 1 amide bonds. The van der Waals surface area contributed by atoms with Crippen molar-refractivity contribution in [1.82, 2.24) is 20.5 Å². The summed E-state index contributed by atoms with van der Waals surface area (Å²) in [4.78, 5) is 15.4.